The average Bonchev–Trinajstić information content (AvgIpc) is 2.26. The molecule has 0 saturated carbocycles. The zero-order valence-electron chi connectivity index (χ0n) is 8.26. The molecule has 0 unspecified atom stereocenters. The number of nitrogens with one attached hydrogen (secondary N) is 1. The molecule has 0 bridgehead atoms. The number of phenolic OH excluding ortho intramolecular Hbond substituents is 1. The largest absolute Gasteiger partial charge is 0.505 e. The van der Waals surface area contributed by atoms with E-state index in [9.17, 15) is 13.9 Å². The van der Waals surface area contributed by atoms with Gasteiger partial charge in [-0.25, -0.2) is 8.78 Å². The van der Waals surface area contributed by atoms with E-state index in [1.54, 1.807) is 0 Å². The lowest BCUT2D eigenvalue weighted by Crippen LogP contribution is -2.27. The Morgan fingerprint density at radius 3 is 2.53 bits per heavy atom. The fourth-order valence-electron chi connectivity index (χ4n) is 2.04. The van der Waals surface area contributed by atoms with Gasteiger partial charge in [-0.15, -0.1) is 0 Å². The Bertz CT molecular complexity index is 362. The molecule has 1 heterocycles. The van der Waals surface area contributed by atoms with Crippen LogP contribution in [0.2, 0.25) is 0 Å². The highest BCUT2D eigenvalue weighted by Gasteiger charge is 2.23. The fraction of sp³-hybridized carbons (Fsp3) is 0.455. The molecule has 1 fully saturated rings. The molecule has 4 heteroatoms. The quantitative estimate of drug-likeness (QED) is 0.749. The van der Waals surface area contributed by atoms with E-state index in [0.717, 1.165) is 25.2 Å². The van der Waals surface area contributed by atoms with Gasteiger partial charge in [0.25, 0.3) is 0 Å². The van der Waals surface area contributed by atoms with Crippen LogP contribution in [0.1, 0.15) is 24.3 Å². The monoisotopic (exact) mass is 213 g/mol. The van der Waals surface area contributed by atoms with Gasteiger partial charge < -0.3 is 10.4 Å². The van der Waals surface area contributed by atoms with E-state index in [4.69, 9.17) is 0 Å². The third-order valence-electron chi connectivity index (χ3n) is 2.85. The zero-order chi connectivity index (χ0) is 10.8. The number of piperidine rings is 1. The lowest BCUT2D eigenvalue weighted by atomic mass is 9.89. The summed E-state index contributed by atoms with van der Waals surface area (Å²) in [4.78, 5) is 0. The number of rotatable bonds is 1. The Morgan fingerprint density at radius 2 is 1.87 bits per heavy atom. The summed E-state index contributed by atoms with van der Waals surface area (Å²) < 4.78 is 27.0. The minimum absolute atomic E-state index is 0.0384. The maximum Gasteiger partial charge on any atom is 0.171 e. The van der Waals surface area contributed by atoms with Gasteiger partial charge in [-0.2, -0.15) is 0 Å². The molecule has 1 aliphatic rings. The number of hydrogen-bond donors (Lipinski definition) is 2. The number of hydrogen-bond acceptors (Lipinski definition) is 2. The van der Waals surface area contributed by atoms with Crippen LogP contribution >= 0.6 is 0 Å². The summed E-state index contributed by atoms with van der Waals surface area (Å²) in [5, 5.41) is 12.3. The van der Waals surface area contributed by atoms with Gasteiger partial charge in [-0.1, -0.05) is 0 Å². The van der Waals surface area contributed by atoms with Crippen molar-refractivity contribution in [3.05, 3.63) is 29.3 Å². The lowest BCUT2D eigenvalue weighted by molar-refractivity contribution is 0.394. The van der Waals surface area contributed by atoms with Crippen molar-refractivity contribution >= 4 is 0 Å². The zero-order valence-corrected chi connectivity index (χ0v) is 8.26. The number of halogens is 2. The van der Waals surface area contributed by atoms with E-state index in [2.05, 4.69) is 5.32 Å². The summed E-state index contributed by atoms with van der Waals surface area (Å²) in [7, 11) is 0. The van der Waals surface area contributed by atoms with E-state index < -0.39 is 17.4 Å². The van der Waals surface area contributed by atoms with Crippen LogP contribution < -0.4 is 5.32 Å². The summed E-state index contributed by atoms with van der Waals surface area (Å²) in [6.07, 6.45) is 1.41. The maximum absolute atomic E-state index is 13.5. The predicted molar refractivity (Wildman–Crippen MR) is 52.9 cm³/mol. The van der Waals surface area contributed by atoms with Crippen molar-refractivity contribution in [3.63, 3.8) is 0 Å². The van der Waals surface area contributed by atoms with Crippen LogP contribution in [0.3, 0.4) is 0 Å². The summed E-state index contributed by atoms with van der Waals surface area (Å²) in [6, 6.07) is 2.17. The van der Waals surface area contributed by atoms with Gasteiger partial charge in [0.05, 0.1) is 0 Å². The molecule has 0 atom stereocenters. The molecular weight excluding hydrogens is 200 g/mol. The maximum atomic E-state index is 13.5. The lowest BCUT2D eigenvalue weighted by Gasteiger charge is -2.23. The minimum atomic E-state index is -0.804. The van der Waals surface area contributed by atoms with E-state index in [1.165, 1.54) is 0 Å². The van der Waals surface area contributed by atoms with Crippen molar-refractivity contribution in [1.29, 1.82) is 0 Å². The molecule has 0 spiro atoms. The first kappa shape index (κ1) is 10.4. The van der Waals surface area contributed by atoms with Crippen LogP contribution in [0.15, 0.2) is 12.1 Å². The molecule has 0 amide bonds. The van der Waals surface area contributed by atoms with Gasteiger partial charge in [-0.3, -0.25) is 0 Å². The van der Waals surface area contributed by atoms with Crippen LogP contribution in [-0.4, -0.2) is 18.2 Å². The topological polar surface area (TPSA) is 32.3 Å². The van der Waals surface area contributed by atoms with E-state index in [-0.39, 0.29) is 11.5 Å². The summed E-state index contributed by atoms with van der Waals surface area (Å²) in [6.45, 7) is 1.53. The second kappa shape index (κ2) is 4.14. The molecule has 1 saturated heterocycles. The van der Waals surface area contributed by atoms with Crippen LogP contribution in [0.5, 0.6) is 5.75 Å². The smallest absolute Gasteiger partial charge is 0.171 e. The van der Waals surface area contributed by atoms with Gasteiger partial charge in [0.1, 0.15) is 5.82 Å². The molecule has 2 N–H and O–H groups in total. The molecule has 1 aliphatic heterocycles. The van der Waals surface area contributed by atoms with Crippen LogP contribution in [0, 0.1) is 11.6 Å². The van der Waals surface area contributed by atoms with Gasteiger partial charge in [-0.05, 0) is 44.0 Å². The van der Waals surface area contributed by atoms with Crippen LogP contribution in [0.25, 0.3) is 0 Å². The van der Waals surface area contributed by atoms with Crippen molar-refractivity contribution in [1.82, 2.24) is 5.32 Å². The van der Waals surface area contributed by atoms with Crippen molar-refractivity contribution in [2.75, 3.05) is 13.1 Å². The third kappa shape index (κ3) is 1.95. The summed E-state index contributed by atoms with van der Waals surface area (Å²) in [5.74, 6) is -1.96. The molecule has 1 aromatic carbocycles. The van der Waals surface area contributed by atoms with Crippen molar-refractivity contribution < 1.29 is 13.9 Å². The van der Waals surface area contributed by atoms with Gasteiger partial charge >= 0.3 is 0 Å². The first-order valence-corrected chi connectivity index (χ1v) is 5.07. The Labute approximate surface area is 86.9 Å². The van der Waals surface area contributed by atoms with Crippen LogP contribution in [0.4, 0.5) is 8.78 Å². The number of phenols is 1. The van der Waals surface area contributed by atoms with Crippen molar-refractivity contribution in [3.8, 4) is 5.75 Å². The van der Waals surface area contributed by atoms with Gasteiger partial charge in [0.15, 0.2) is 11.6 Å². The molecule has 0 radical (unpaired) electrons. The molecule has 0 aromatic heterocycles. The SMILES string of the molecule is Oc1ccc(F)c(C2CCNCC2)c1F. The molecule has 82 valence electrons. The van der Waals surface area contributed by atoms with E-state index in [1.807, 2.05) is 0 Å². The highest BCUT2D eigenvalue weighted by molar-refractivity contribution is 5.33. The minimum Gasteiger partial charge on any atom is -0.505 e. The summed E-state index contributed by atoms with van der Waals surface area (Å²) in [5.41, 5.74) is 0.0384. The highest BCUT2D eigenvalue weighted by atomic mass is 19.1. The second-order valence-corrected chi connectivity index (χ2v) is 3.82. The molecule has 1 aromatic rings. The number of benzene rings is 1. The average molecular weight is 213 g/mol. The molecule has 0 aliphatic carbocycles. The van der Waals surface area contributed by atoms with Gasteiger partial charge in [0.2, 0.25) is 0 Å². The molecule has 15 heavy (non-hydrogen) atoms. The molecular formula is C11H13F2NO. The Hall–Kier alpha value is -1.16. The first-order chi connectivity index (χ1) is 7.20. The molecule has 2 nitrogen and oxygen atoms in total. The summed E-state index contributed by atoms with van der Waals surface area (Å²) >= 11 is 0. The fourth-order valence-corrected chi connectivity index (χ4v) is 2.04. The Morgan fingerprint density at radius 1 is 1.20 bits per heavy atom. The second-order valence-electron chi connectivity index (χ2n) is 3.82. The standard InChI is InChI=1S/C11H13F2NO/c12-8-1-2-9(15)11(13)10(8)7-3-5-14-6-4-7/h1-2,7,14-15H,3-6H2. The van der Waals surface area contributed by atoms with Crippen molar-refractivity contribution in [2.24, 2.45) is 0 Å². The Kier molecular flexibility index (Phi) is 2.86. The molecule has 2 rings (SSSR count). The third-order valence-corrected chi connectivity index (χ3v) is 2.85. The Balaban J connectivity index is 2.36. The van der Waals surface area contributed by atoms with Crippen molar-refractivity contribution in [2.45, 2.75) is 18.8 Å². The van der Waals surface area contributed by atoms with Crippen LogP contribution in [-0.2, 0) is 0 Å². The highest BCUT2D eigenvalue weighted by Crippen LogP contribution is 2.33. The predicted octanol–water partition coefficient (Wildman–Crippen LogP) is 2.14. The first-order valence-electron chi connectivity index (χ1n) is 5.07. The van der Waals surface area contributed by atoms with E-state index in [0.29, 0.717) is 12.8 Å². The van der Waals surface area contributed by atoms with Gasteiger partial charge in [0, 0.05) is 5.56 Å². The van der Waals surface area contributed by atoms with E-state index >= 15 is 0 Å². The normalized spacial score (nSPS) is 18.0. The number of aromatic hydroxyl groups is 1.